The lowest BCUT2D eigenvalue weighted by Crippen LogP contribution is -2.39. The molecule has 0 aliphatic carbocycles. The van der Waals surface area contributed by atoms with Gasteiger partial charge < -0.3 is 0 Å². The molecule has 1 atom stereocenters. The maximum Gasteiger partial charge on any atom is 0.270 e. The molecular formula is C12H12ClN3O4S. The smallest absolute Gasteiger partial charge is 0.258 e. The SMILES string of the molecule is N#CC1CCCN(S(=O)(=O)c2cc([N+](=O)[O-])ccc2Cl)C1. The van der Waals surface area contributed by atoms with Crippen molar-refractivity contribution < 1.29 is 13.3 Å². The minimum atomic E-state index is -3.95. The molecule has 1 aromatic carbocycles. The molecule has 1 fully saturated rings. The van der Waals surface area contributed by atoms with E-state index in [-0.39, 0.29) is 34.6 Å². The van der Waals surface area contributed by atoms with E-state index in [4.69, 9.17) is 16.9 Å². The predicted molar refractivity (Wildman–Crippen MR) is 75.2 cm³/mol. The van der Waals surface area contributed by atoms with Gasteiger partial charge in [-0.2, -0.15) is 9.57 Å². The van der Waals surface area contributed by atoms with Gasteiger partial charge in [-0.25, -0.2) is 8.42 Å². The Kier molecular flexibility index (Phi) is 4.46. The summed E-state index contributed by atoms with van der Waals surface area (Å²) in [6.45, 7) is 0.359. The summed E-state index contributed by atoms with van der Waals surface area (Å²) in [5, 5.41) is 19.6. The van der Waals surface area contributed by atoms with Crippen LogP contribution in [0, 0.1) is 27.4 Å². The molecule has 0 radical (unpaired) electrons. The second-order valence-corrected chi connectivity index (χ2v) is 7.02. The van der Waals surface area contributed by atoms with Gasteiger partial charge in [0, 0.05) is 25.2 Å². The number of piperidine rings is 1. The molecule has 0 bridgehead atoms. The summed E-state index contributed by atoms with van der Waals surface area (Å²) in [4.78, 5) is 9.81. The van der Waals surface area contributed by atoms with Gasteiger partial charge in [0.05, 0.1) is 21.9 Å². The van der Waals surface area contributed by atoms with E-state index in [0.29, 0.717) is 12.8 Å². The van der Waals surface area contributed by atoms with E-state index in [2.05, 4.69) is 6.07 Å². The van der Waals surface area contributed by atoms with E-state index in [0.717, 1.165) is 16.4 Å². The Morgan fingerprint density at radius 3 is 2.81 bits per heavy atom. The maximum atomic E-state index is 12.6. The Labute approximate surface area is 126 Å². The highest BCUT2D eigenvalue weighted by atomic mass is 35.5. The molecule has 1 aliphatic rings. The first-order valence-corrected chi connectivity index (χ1v) is 8.02. The molecule has 1 saturated heterocycles. The van der Waals surface area contributed by atoms with Gasteiger partial charge in [0.15, 0.2) is 0 Å². The van der Waals surface area contributed by atoms with E-state index < -0.39 is 14.9 Å². The van der Waals surface area contributed by atoms with Crippen LogP contribution in [-0.2, 0) is 10.0 Å². The lowest BCUT2D eigenvalue weighted by Gasteiger charge is -2.28. The third-order valence-electron chi connectivity index (χ3n) is 3.31. The average Bonchev–Trinajstić information content (AvgIpc) is 2.47. The van der Waals surface area contributed by atoms with Crippen LogP contribution in [0.4, 0.5) is 5.69 Å². The second-order valence-electron chi connectivity index (χ2n) is 4.70. The van der Waals surface area contributed by atoms with E-state index >= 15 is 0 Å². The quantitative estimate of drug-likeness (QED) is 0.624. The van der Waals surface area contributed by atoms with Crippen molar-refractivity contribution in [3.8, 4) is 6.07 Å². The van der Waals surface area contributed by atoms with Gasteiger partial charge in [-0.3, -0.25) is 10.1 Å². The number of nitriles is 1. The highest BCUT2D eigenvalue weighted by Crippen LogP contribution is 2.30. The Balaban J connectivity index is 2.42. The maximum absolute atomic E-state index is 12.6. The van der Waals surface area contributed by atoms with Crippen molar-refractivity contribution in [2.24, 2.45) is 5.92 Å². The Bertz CT molecular complexity index is 714. The summed E-state index contributed by atoms with van der Waals surface area (Å²) < 4.78 is 26.3. The monoisotopic (exact) mass is 329 g/mol. The lowest BCUT2D eigenvalue weighted by atomic mass is 10.0. The van der Waals surface area contributed by atoms with Crippen molar-refractivity contribution in [1.29, 1.82) is 5.26 Å². The zero-order chi connectivity index (χ0) is 15.6. The van der Waals surface area contributed by atoms with Crippen LogP contribution in [-0.4, -0.2) is 30.7 Å². The van der Waals surface area contributed by atoms with Crippen molar-refractivity contribution in [2.45, 2.75) is 17.7 Å². The number of nitro groups is 1. The Hall–Kier alpha value is -1.69. The molecule has 0 aromatic heterocycles. The van der Waals surface area contributed by atoms with Crippen LogP contribution in [0.5, 0.6) is 0 Å². The summed E-state index contributed by atoms with van der Waals surface area (Å²) in [5.74, 6) is -0.369. The number of hydrogen-bond acceptors (Lipinski definition) is 5. The number of hydrogen-bond donors (Lipinski definition) is 0. The number of halogens is 1. The molecule has 2 rings (SSSR count). The molecule has 112 valence electrons. The first-order chi connectivity index (χ1) is 9.86. The topological polar surface area (TPSA) is 104 Å². The van der Waals surface area contributed by atoms with Crippen molar-refractivity contribution in [2.75, 3.05) is 13.1 Å². The minimum Gasteiger partial charge on any atom is -0.258 e. The zero-order valence-corrected chi connectivity index (χ0v) is 12.5. The molecule has 1 unspecified atom stereocenters. The number of nitrogens with zero attached hydrogens (tertiary/aromatic N) is 3. The predicted octanol–water partition coefficient (Wildman–Crippen LogP) is 2.17. The van der Waals surface area contributed by atoms with Crippen molar-refractivity contribution in [1.82, 2.24) is 4.31 Å². The number of non-ortho nitro benzene ring substituents is 1. The molecule has 0 saturated carbocycles. The van der Waals surface area contributed by atoms with Gasteiger partial charge in [0.1, 0.15) is 4.90 Å². The summed E-state index contributed by atoms with van der Waals surface area (Å²) in [6.07, 6.45) is 1.22. The van der Waals surface area contributed by atoms with Gasteiger partial charge >= 0.3 is 0 Å². The number of nitro benzene ring substituents is 1. The van der Waals surface area contributed by atoms with Crippen LogP contribution in [0.3, 0.4) is 0 Å². The van der Waals surface area contributed by atoms with Crippen LogP contribution in [0.2, 0.25) is 5.02 Å². The molecule has 0 amide bonds. The Morgan fingerprint density at radius 1 is 1.48 bits per heavy atom. The van der Waals surface area contributed by atoms with Gasteiger partial charge in [0.2, 0.25) is 10.0 Å². The third kappa shape index (κ3) is 3.15. The normalized spacial score (nSPS) is 19.9. The third-order valence-corrected chi connectivity index (χ3v) is 5.66. The van der Waals surface area contributed by atoms with E-state index in [9.17, 15) is 18.5 Å². The average molecular weight is 330 g/mol. The fourth-order valence-corrected chi connectivity index (χ4v) is 4.23. The molecule has 1 aromatic rings. The minimum absolute atomic E-state index is 0.0697. The second kappa shape index (κ2) is 5.97. The van der Waals surface area contributed by atoms with Gasteiger partial charge in [-0.15, -0.1) is 0 Å². The van der Waals surface area contributed by atoms with Gasteiger partial charge in [0.25, 0.3) is 5.69 Å². The van der Waals surface area contributed by atoms with E-state index in [1.807, 2.05) is 0 Å². The standard InChI is InChI=1S/C12H12ClN3O4S/c13-11-4-3-10(16(17)18)6-12(11)21(19,20)15-5-1-2-9(7-14)8-15/h3-4,6,9H,1-2,5,8H2. The molecule has 9 heteroatoms. The van der Waals surface area contributed by atoms with Crippen LogP contribution in [0.1, 0.15) is 12.8 Å². The number of rotatable bonds is 3. The molecular weight excluding hydrogens is 318 g/mol. The highest BCUT2D eigenvalue weighted by Gasteiger charge is 2.32. The first-order valence-electron chi connectivity index (χ1n) is 6.20. The number of benzene rings is 1. The summed E-state index contributed by atoms with van der Waals surface area (Å²) in [7, 11) is -3.95. The molecule has 0 N–H and O–H groups in total. The molecule has 1 aliphatic heterocycles. The highest BCUT2D eigenvalue weighted by molar-refractivity contribution is 7.89. The molecule has 1 heterocycles. The molecule has 0 spiro atoms. The van der Waals surface area contributed by atoms with Crippen LogP contribution in [0.25, 0.3) is 0 Å². The zero-order valence-electron chi connectivity index (χ0n) is 10.9. The molecule has 7 nitrogen and oxygen atoms in total. The largest absolute Gasteiger partial charge is 0.270 e. The molecule has 21 heavy (non-hydrogen) atoms. The van der Waals surface area contributed by atoms with E-state index in [1.54, 1.807) is 0 Å². The van der Waals surface area contributed by atoms with Gasteiger partial charge in [-0.1, -0.05) is 11.6 Å². The van der Waals surface area contributed by atoms with Crippen molar-refractivity contribution in [3.63, 3.8) is 0 Å². The lowest BCUT2D eigenvalue weighted by molar-refractivity contribution is -0.385. The van der Waals surface area contributed by atoms with Gasteiger partial charge in [-0.05, 0) is 18.9 Å². The summed E-state index contributed by atoms with van der Waals surface area (Å²) >= 11 is 5.88. The van der Waals surface area contributed by atoms with Crippen LogP contribution in [0.15, 0.2) is 23.1 Å². The first kappa shape index (κ1) is 15.7. The van der Waals surface area contributed by atoms with E-state index in [1.165, 1.54) is 6.07 Å². The fraction of sp³-hybridized carbons (Fsp3) is 0.417. The van der Waals surface area contributed by atoms with Crippen LogP contribution < -0.4 is 0 Å². The Morgan fingerprint density at radius 2 is 2.19 bits per heavy atom. The van der Waals surface area contributed by atoms with Crippen molar-refractivity contribution in [3.05, 3.63) is 33.3 Å². The summed E-state index contributed by atoms with van der Waals surface area (Å²) in [6, 6.07) is 5.35. The summed E-state index contributed by atoms with van der Waals surface area (Å²) in [5.41, 5.74) is -0.341. The van der Waals surface area contributed by atoms with Crippen LogP contribution >= 0.6 is 11.6 Å². The number of sulfonamides is 1. The fourth-order valence-electron chi connectivity index (χ4n) is 2.21. The van der Waals surface area contributed by atoms with Crippen molar-refractivity contribution >= 4 is 27.3 Å².